The van der Waals surface area contributed by atoms with Crippen LogP contribution in [-0.4, -0.2) is 24.5 Å². The average molecular weight is 530 g/mol. The van der Waals surface area contributed by atoms with E-state index in [0.29, 0.717) is 6.61 Å². The summed E-state index contributed by atoms with van der Waals surface area (Å²) < 4.78 is 9.85. The quantitative estimate of drug-likeness (QED) is 0.251. The van der Waals surface area contributed by atoms with E-state index >= 15 is 0 Å². The molecule has 0 saturated heterocycles. The van der Waals surface area contributed by atoms with Crippen LogP contribution >= 0.6 is 0 Å². The molecule has 0 bridgehead atoms. The summed E-state index contributed by atoms with van der Waals surface area (Å²) in [6.07, 6.45) is 7.20. The van der Waals surface area contributed by atoms with Crippen molar-refractivity contribution in [3.05, 3.63) is 71.8 Å². The van der Waals surface area contributed by atoms with E-state index in [1.807, 2.05) is 30.3 Å². The number of carbonyl (C=O) groups excluding carboxylic acids is 1. The maximum absolute atomic E-state index is 13.0. The summed E-state index contributed by atoms with van der Waals surface area (Å²) >= 11 is -2.77. The molecule has 2 aromatic rings. The second kappa shape index (κ2) is 14.5. The summed E-state index contributed by atoms with van der Waals surface area (Å²) in [5.41, 5.74) is 2.30. The molecular weight excluding hydrogens is 489 g/mol. The Hall–Kier alpha value is -1.49. The zero-order chi connectivity index (χ0) is 22.4. The summed E-state index contributed by atoms with van der Waals surface area (Å²) in [6, 6.07) is 20.6. The Kier molecular flexibility index (Phi) is 12.1. The van der Waals surface area contributed by atoms with Crippen LogP contribution in [0.15, 0.2) is 60.7 Å². The van der Waals surface area contributed by atoms with Crippen LogP contribution in [-0.2, 0) is 11.3 Å². The van der Waals surface area contributed by atoms with Crippen molar-refractivity contribution in [1.29, 1.82) is 0 Å². The van der Waals surface area contributed by atoms with Gasteiger partial charge in [-0.05, 0) is 0 Å². The number of amides is 1. The van der Waals surface area contributed by atoms with Gasteiger partial charge in [0, 0.05) is 0 Å². The number of rotatable bonds is 14. The van der Waals surface area contributed by atoms with Gasteiger partial charge in [-0.2, -0.15) is 0 Å². The number of benzene rings is 2. The van der Waals surface area contributed by atoms with E-state index in [1.54, 1.807) is 0 Å². The van der Waals surface area contributed by atoms with Gasteiger partial charge in [-0.1, -0.05) is 0 Å². The van der Waals surface area contributed by atoms with Crippen LogP contribution in [0, 0.1) is 0 Å². The van der Waals surface area contributed by atoms with E-state index in [4.69, 9.17) is 4.74 Å². The number of unbranched alkanes of at least 4 members (excludes halogenated alkanes) is 3. The van der Waals surface area contributed by atoms with E-state index in [0.717, 1.165) is 5.56 Å². The van der Waals surface area contributed by atoms with Gasteiger partial charge in [-0.25, -0.2) is 0 Å². The summed E-state index contributed by atoms with van der Waals surface area (Å²) in [5, 5.41) is 3.40. The van der Waals surface area contributed by atoms with Gasteiger partial charge in [0.1, 0.15) is 0 Å². The van der Waals surface area contributed by atoms with Crippen LogP contribution in [0.1, 0.15) is 74.5 Å². The third-order valence-corrected chi connectivity index (χ3v) is 22.7. The summed E-state index contributed by atoms with van der Waals surface area (Å²) in [6.45, 7) is 7.18. The van der Waals surface area contributed by atoms with Crippen molar-refractivity contribution in [2.75, 3.05) is 0 Å². The minimum atomic E-state index is -2.77. The fourth-order valence-electron chi connectivity index (χ4n) is 4.51. The van der Waals surface area contributed by atoms with Crippen molar-refractivity contribution in [3.8, 4) is 0 Å². The van der Waals surface area contributed by atoms with E-state index in [-0.39, 0.29) is 10.2 Å². The Morgan fingerprint density at radius 2 is 1.29 bits per heavy atom. The van der Waals surface area contributed by atoms with Crippen molar-refractivity contribution in [2.45, 2.75) is 83.3 Å². The van der Waals surface area contributed by atoms with Crippen molar-refractivity contribution < 1.29 is 9.53 Å². The Morgan fingerprint density at radius 1 is 0.806 bits per heavy atom. The molecule has 170 valence electrons. The molecule has 2 rings (SSSR count). The molecule has 0 aliphatic rings. The second-order valence-corrected chi connectivity index (χ2v) is 22.4. The molecule has 4 heteroatoms. The fourth-order valence-corrected chi connectivity index (χ4v) is 22.0. The first-order valence-corrected chi connectivity index (χ1v) is 19.9. The van der Waals surface area contributed by atoms with Gasteiger partial charge < -0.3 is 0 Å². The second-order valence-electron chi connectivity index (χ2n) is 8.72. The van der Waals surface area contributed by atoms with E-state index in [1.165, 1.54) is 57.4 Å². The molecule has 0 saturated carbocycles. The molecule has 1 amide bonds. The van der Waals surface area contributed by atoms with Crippen molar-refractivity contribution >= 4 is 24.5 Å². The first kappa shape index (κ1) is 25.8. The summed E-state index contributed by atoms with van der Waals surface area (Å²) in [7, 11) is 0. The normalized spacial score (nSPS) is 12.4. The number of carbonyl (C=O) groups is 1. The Morgan fingerprint density at radius 3 is 1.77 bits per heavy atom. The topological polar surface area (TPSA) is 38.3 Å². The Balaban J connectivity index is 2.29. The van der Waals surface area contributed by atoms with Gasteiger partial charge in [0.2, 0.25) is 0 Å². The van der Waals surface area contributed by atoms with Crippen molar-refractivity contribution in [2.24, 2.45) is 0 Å². The Labute approximate surface area is 193 Å². The minimum absolute atomic E-state index is 0.170. The molecule has 0 fully saturated rings. The van der Waals surface area contributed by atoms with Crippen LogP contribution in [0.5, 0.6) is 0 Å². The average Bonchev–Trinajstić information content (AvgIpc) is 2.82. The zero-order valence-corrected chi connectivity index (χ0v) is 22.6. The molecule has 0 radical (unpaired) electrons. The van der Waals surface area contributed by atoms with E-state index in [2.05, 4.69) is 56.4 Å². The van der Waals surface area contributed by atoms with E-state index < -0.39 is 18.4 Å². The molecule has 1 unspecified atom stereocenters. The van der Waals surface area contributed by atoms with Crippen LogP contribution in [0.25, 0.3) is 0 Å². The monoisotopic (exact) mass is 531 g/mol. The standard InChI is InChI=1S/C15H14NO2.3C4H9.Sn/c17-15(16-11-13-7-3-1-4-8-13)18-12-14-9-5-2-6-10-14;3*1-3-4-2;/h1-11H,12H2,(H,16,17);3*1,3-4H2,2H3;. The molecule has 0 aromatic heterocycles. The molecule has 0 aliphatic carbocycles. The molecule has 0 heterocycles. The van der Waals surface area contributed by atoms with Gasteiger partial charge in [-0.15, -0.1) is 0 Å². The zero-order valence-electron chi connectivity index (χ0n) is 19.7. The SMILES string of the molecule is CCC[CH2][Sn]([CH2]CCC)([CH2]CCC)[CH](NC(=O)OCc1ccccc1)c1ccccc1. The molecule has 1 N–H and O–H groups in total. The number of hydrogen-bond donors (Lipinski definition) is 1. The van der Waals surface area contributed by atoms with Crippen LogP contribution in [0.3, 0.4) is 0 Å². The third-order valence-electron chi connectivity index (χ3n) is 6.30. The molecule has 0 spiro atoms. The van der Waals surface area contributed by atoms with Gasteiger partial charge in [0.05, 0.1) is 0 Å². The van der Waals surface area contributed by atoms with Crippen LogP contribution in [0.4, 0.5) is 4.79 Å². The molecule has 0 aliphatic heterocycles. The summed E-state index contributed by atoms with van der Waals surface area (Å²) in [5.74, 6) is 0. The summed E-state index contributed by atoms with van der Waals surface area (Å²) in [4.78, 5) is 13.0. The van der Waals surface area contributed by atoms with Gasteiger partial charge in [-0.3, -0.25) is 0 Å². The van der Waals surface area contributed by atoms with Gasteiger partial charge in [0.25, 0.3) is 0 Å². The number of hydrogen-bond acceptors (Lipinski definition) is 2. The molecule has 31 heavy (non-hydrogen) atoms. The van der Waals surface area contributed by atoms with Gasteiger partial charge in [0.15, 0.2) is 0 Å². The molecule has 2 aromatic carbocycles. The first-order chi connectivity index (χ1) is 15.1. The van der Waals surface area contributed by atoms with E-state index in [9.17, 15) is 4.79 Å². The van der Waals surface area contributed by atoms with Crippen LogP contribution in [0.2, 0.25) is 13.3 Å². The first-order valence-electron chi connectivity index (χ1n) is 12.2. The molecule has 1 atom stereocenters. The fraction of sp³-hybridized carbons (Fsp3) is 0.519. The number of nitrogens with one attached hydrogen (secondary N) is 1. The predicted molar refractivity (Wildman–Crippen MR) is 134 cm³/mol. The van der Waals surface area contributed by atoms with Crippen LogP contribution < -0.4 is 5.32 Å². The number of ether oxygens (including phenoxy) is 1. The predicted octanol–water partition coefficient (Wildman–Crippen LogP) is 8.04. The molecular formula is C27H41NO2Sn. The van der Waals surface area contributed by atoms with Crippen molar-refractivity contribution in [3.63, 3.8) is 0 Å². The van der Waals surface area contributed by atoms with Gasteiger partial charge >= 0.3 is 194 Å². The maximum atomic E-state index is 13.0. The number of alkyl carbamates (subject to hydrolysis) is 1. The van der Waals surface area contributed by atoms with Crippen molar-refractivity contribution in [1.82, 2.24) is 5.32 Å². The molecule has 3 nitrogen and oxygen atoms in total. The Bertz CT molecular complexity index is 714. The third kappa shape index (κ3) is 8.51.